The zero-order valence-electron chi connectivity index (χ0n) is 11.1. The molecule has 2 aromatic carbocycles. The maximum Gasteiger partial charge on any atom is 0.126 e. The molecule has 2 rings (SSSR count). The number of nitriles is 2. The van der Waals surface area contributed by atoms with E-state index in [0.29, 0.717) is 29.1 Å². The summed E-state index contributed by atoms with van der Waals surface area (Å²) in [5.74, 6) is 0.0768. The fraction of sp³-hybridized carbons (Fsp3) is 0.125. The standard InChI is InChI=1S/C16H12FN3O/c17-14-5-2-6-15(9-14)21-8-7-20-16-12(10-18)3-1-4-13(16)11-19/h1-6,9,20H,7-8H2. The third-order valence-electron chi connectivity index (χ3n) is 2.77. The molecule has 0 saturated heterocycles. The number of hydrogen-bond donors (Lipinski definition) is 1. The Kier molecular flexibility index (Phi) is 4.74. The van der Waals surface area contributed by atoms with Crippen molar-refractivity contribution in [2.24, 2.45) is 0 Å². The summed E-state index contributed by atoms with van der Waals surface area (Å²) in [4.78, 5) is 0. The Morgan fingerprint density at radius 2 is 1.71 bits per heavy atom. The van der Waals surface area contributed by atoms with Gasteiger partial charge in [0, 0.05) is 12.6 Å². The maximum atomic E-state index is 13.0. The first-order valence-electron chi connectivity index (χ1n) is 6.30. The Balaban J connectivity index is 1.95. The van der Waals surface area contributed by atoms with Gasteiger partial charge in [0.2, 0.25) is 0 Å². The predicted octanol–water partition coefficient (Wildman–Crippen LogP) is 3.06. The lowest BCUT2D eigenvalue weighted by Crippen LogP contribution is -2.13. The van der Waals surface area contributed by atoms with Gasteiger partial charge in [0.05, 0.1) is 16.8 Å². The molecule has 0 aliphatic rings. The van der Waals surface area contributed by atoms with E-state index in [2.05, 4.69) is 5.32 Å². The summed E-state index contributed by atoms with van der Waals surface area (Å²) in [7, 11) is 0. The van der Waals surface area contributed by atoms with Crippen LogP contribution >= 0.6 is 0 Å². The highest BCUT2D eigenvalue weighted by Gasteiger charge is 2.07. The van der Waals surface area contributed by atoms with Gasteiger partial charge in [-0.3, -0.25) is 0 Å². The molecule has 0 fully saturated rings. The Morgan fingerprint density at radius 3 is 2.33 bits per heavy atom. The van der Waals surface area contributed by atoms with Crippen molar-refractivity contribution >= 4 is 5.69 Å². The normalized spacial score (nSPS) is 9.48. The van der Waals surface area contributed by atoms with Crippen LogP contribution in [0.4, 0.5) is 10.1 Å². The first-order chi connectivity index (χ1) is 10.2. The molecule has 1 N–H and O–H groups in total. The molecule has 0 atom stereocenters. The van der Waals surface area contributed by atoms with E-state index in [4.69, 9.17) is 15.3 Å². The zero-order chi connectivity index (χ0) is 15.1. The van der Waals surface area contributed by atoms with Crippen LogP contribution in [0.25, 0.3) is 0 Å². The quantitative estimate of drug-likeness (QED) is 0.855. The van der Waals surface area contributed by atoms with E-state index in [1.54, 1.807) is 30.3 Å². The average Bonchev–Trinajstić information content (AvgIpc) is 2.51. The second kappa shape index (κ2) is 6.93. The molecular weight excluding hydrogens is 269 g/mol. The molecular formula is C16H12FN3O. The van der Waals surface area contributed by atoms with Crippen molar-refractivity contribution in [2.45, 2.75) is 0 Å². The largest absolute Gasteiger partial charge is 0.492 e. The lowest BCUT2D eigenvalue weighted by molar-refractivity contribution is 0.331. The van der Waals surface area contributed by atoms with Crippen LogP contribution in [-0.2, 0) is 0 Å². The Labute approximate surface area is 122 Å². The minimum atomic E-state index is -0.359. The molecule has 0 aromatic heterocycles. The van der Waals surface area contributed by atoms with Crippen molar-refractivity contribution in [2.75, 3.05) is 18.5 Å². The van der Waals surface area contributed by atoms with Gasteiger partial charge in [-0.05, 0) is 24.3 Å². The van der Waals surface area contributed by atoms with Gasteiger partial charge in [0.15, 0.2) is 0 Å². The molecule has 0 heterocycles. The maximum absolute atomic E-state index is 13.0. The highest BCUT2D eigenvalue weighted by atomic mass is 19.1. The molecule has 0 aliphatic carbocycles. The monoisotopic (exact) mass is 281 g/mol. The number of hydrogen-bond acceptors (Lipinski definition) is 4. The van der Waals surface area contributed by atoms with Gasteiger partial charge in [-0.15, -0.1) is 0 Å². The Bertz CT molecular complexity index is 684. The average molecular weight is 281 g/mol. The van der Waals surface area contributed by atoms with E-state index in [0.717, 1.165) is 0 Å². The first-order valence-corrected chi connectivity index (χ1v) is 6.30. The summed E-state index contributed by atoms with van der Waals surface area (Å²) in [6, 6.07) is 14.9. The summed E-state index contributed by atoms with van der Waals surface area (Å²) in [6.07, 6.45) is 0. The topological polar surface area (TPSA) is 68.8 Å². The smallest absolute Gasteiger partial charge is 0.126 e. The van der Waals surface area contributed by atoms with Crippen molar-refractivity contribution in [3.05, 3.63) is 59.4 Å². The number of benzene rings is 2. The second-order valence-corrected chi connectivity index (χ2v) is 4.18. The van der Waals surface area contributed by atoms with Crippen LogP contribution in [0.15, 0.2) is 42.5 Å². The highest BCUT2D eigenvalue weighted by molar-refractivity contribution is 5.66. The molecule has 21 heavy (non-hydrogen) atoms. The number of para-hydroxylation sites is 1. The van der Waals surface area contributed by atoms with Crippen LogP contribution in [0, 0.1) is 28.5 Å². The molecule has 0 aliphatic heterocycles. The minimum absolute atomic E-state index is 0.286. The number of anilines is 1. The molecule has 0 saturated carbocycles. The summed E-state index contributed by atoms with van der Waals surface area (Å²) in [5.41, 5.74) is 1.30. The molecule has 0 spiro atoms. The summed E-state index contributed by atoms with van der Waals surface area (Å²) in [5, 5.41) is 21.1. The second-order valence-electron chi connectivity index (χ2n) is 4.18. The molecule has 2 aromatic rings. The molecule has 0 bridgehead atoms. The van der Waals surface area contributed by atoms with Crippen molar-refractivity contribution in [1.82, 2.24) is 0 Å². The first kappa shape index (κ1) is 14.4. The van der Waals surface area contributed by atoms with E-state index in [-0.39, 0.29) is 12.4 Å². The SMILES string of the molecule is N#Cc1cccc(C#N)c1NCCOc1cccc(F)c1. The Morgan fingerprint density at radius 1 is 1.05 bits per heavy atom. The van der Waals surface area contributed by atoms with E-state index >= 15 is 0 Å². The van der Waals surface area contributed by atoms with Gasteiger partial charge in [0.1, 0.15) is 30.3 Å². The van der Waals surface area contributed by atoms with E-state index in [1.165, 1.54) is 12.1 Å². The van der Waals surface area contributed by atoms with Crippen LogP contribution < -0.4 is 10.1 Å². The van der Waals surface area contributed by atoms with Crippen LogP contribution in [0.3, 0.4) is 0 Å². The van der Waals surface area contributed by atoms with Crippen molar-refractivity contribution in [3.63, 3.8) is 0 Å². The fourth-order valence-electron chi connectivity index (χ4n) is 1.83. The van der Waals surface area contributed by atoms with Crippen LogP contribution in [0.5, 0.6) is 5.75 Å². The lowest BCUT2D eigenvalue weighted by atomic mass is 10.1. The van der Waals surface area contributed by atoms with Crippen molar-refractivity contribution in [1.29, 1.82) is 10.5 Å². The third kappa shape index (κ3) is 3.71. The highest BCUT2D eigenvalue weighted by Crippen LogP contribution is 2.19. The molecule has 5 heteroatoms. The molecule has 0 amide bonds. The Hall–Kier alpha value is -3.05. The van der Waals surface area contributed by atoms with Crippen LogP contribution in [-0.4, -0.2) is 13.2 Å². The van der Waals surface area contributed by atoms with Gasteiger partial charge in [-0.2, -0.15) is 10.5 Å². The fourth-order valence-corrected chi connectivity index (χ4v) is 1.83. The van der Waals surface area contributed by atoms with Gasteiger partial charge >= 0.3 is 0 Å². The van der Waals surface area contributed by atoms with Crippen LogP contribution in [0.1, 0.15) is 11.1 Å². The lowest BCUT2D eigenvalue weighted by Gasteiger charge is -2.11. The van der Waals surface area contributed by atoms with Gasteiger partial charge in [-0.25, -0.2) is 4.39 Å². The number of rotatable bonds is 5. The zero-order valence-corrected chi connectivity index (χ0v) is 11.1. The molecule has 0 unspecified atom stereocenters. The summed E-state index contributed by atoms with van der Waals surface area (Å²) < 4.78 is 18.4. The van der Waals surface area contributed by atoms with Crippen molar-refractivity contribution in [3.8, 4) is 17.9 Å². The number of halogens is 1. The van der Waals surface area contributed by atoms with Crippen LogP contribution in [0.2, 0.25) is 0 Å². The molecule has 4 nitrogen and oxygen atoms in total. The molecule has 0 radical (unpaired) electrons. The van der Waals surface area contributed by atoms with E-state index in [1.807, 2.05) is 12.1 Å². The number of nitrogens with one attached hydrogen (secondary N) is 1. The van der Waals surface area contributed by atoms with Gasteiger partial charge < -0.3 is 10.1 Å². The van der Waals surface area contributed by atoms with Gasteiger partial charge in [0.25, 0.3) is 0 Å². The predicted molar refractivity (Wildman–Crippen MR) is 76.3 cm³/mol. The molecule has 104 valence electrons. The third-order valence-corrected chi connectivity index (χ3v) is 2.77. The summed E-state index contributed by atoms with van der Waals surface area (Å²) in [6.45, 7) is 0.679. The van der Waals surface area contributed by atoms with E-state index < -0.39 is 0 Å². The summed E-state index contributed by atoms with van der Waals surface area (Å²) >= 11 is 0. The minimum Gasteiger partial charge on any atom is -0.492 e. The number of nitrogens with zero attached hydrogens (tertiary/aromatic N) is 2. The van der Waals surface area contributed by atoms with Crippen molar-refractivity contribution < 1.29 is 9.13 Å². The van der Waals surface area contributed by atoms with Gasteiger partial charge in [-0.1, -0.05) is 12.1 Å². The van der Waals surface area contributed by atoms with E-state index in [9.17, 15) is 4.39 Å². The number of ether oxygens (including phenoxy) is 1.